The van der Waals surface area contributed by atoms with E-state index in [0.29, 0.717) is 5.02 Å². The molecule has 1 aromatic heterocycles. The molecule has 0 aliphatic heterocycles. The molecule has 102 valence electrons. The van der Waals surface area contributed by atoms with Gasteiger partial charge in [0, 0.05) is 22.6 Å². The number of hydrogen-bond donors (Lipinski definition) is 1. The van der Waals surface area contributed by atoms with Gasteiger partial charge in [-0.15, -0.1) is 11.3 Å². The van der Waals surface area contributed by atoms with E-state index in [1.54, 1.807) is 6.20 Å². The maximum atomic E-state index is 12.1. The molecule has 0 aliphatic rings. The number of aryl methyl sites for hydroxylation is 1. The van der Waals surface area contributed by atoms with E-state index in [0.717, 1.165) is 9.88 Å². The Bertz CT molecular complexity index is 698. The van der Waals surface area contributed by atoms with E-state index in [-0.39, 0.29) is 16.5 Å². The molecule has 2 aromatic rings. The number of nitrogens with zero attached hydrogens (tertiary/aromatic N) is 1. The van der Waals surface area contributed by atoms with Crippen LogP contribution >= 0.6 is 34.5 Å². The summed E-state index contributed by atoms with van der Waals surface area (Å²) in [6.07, 6.45) is 1.64. The number of halogens is 2. The maximum Gasteiger partial charge on any atom is 0.242 e. The highest BCUT2D eigenvalue weighted by molar-refractivity contribution is 7.89. The second-order valence-electron chi connectivity index (χ2n) is 3.74. The lowest BCUT2D eigenvalue weighted by atomic mass is 10.4. The normalized spacial score (nSPS) is 11.7. The number of nitrogens with one attached hydrogen (secondary N) is 1. The lowest BCUT2D eigenvalue weighted by Gasteiger charge is -2.07. The number of sulfonamides is 1. The van der Waals surface area contributed by atoms with Crippen LogP contribution in [-0.2, 0) is 16.6 Å². The van der Waals surface area contributed by atoms with Crippen molar-refractivity contribution in [2.24, 2.45) is 0 Å². The Labute approximate surface area is 125 Å². The molecule has 0 unspecified atom stereocenters. The average Bonchev–Trinajstić information content (AvgIpc) is 2.76. The van der Waals surface area contributed by atoms with Crippen molar-refractivity contribution in [2.45, 2.75) is 18.4 Å². The molecule has 8 heteroatoms. The third-order valence-corrected chi connectivity index (χ3v) is 5.32. The predicted molar refractivity (Wildman–Crippen MR) is 77.3 cm³/mol. The molecule has 0 amide bonds. The Balaban J connectivity index is 2.20. The fraction of sp³-hybridized carbons (Fsp3) is 0.182. The minimum Gasteiger partial charge on any atom is -0.250 e. The molecule has 0 atom stereocenters. The van der Waals surface area contributed by atoms with Crippen LogP contribution in [-0.4, -0.2) is 13.4 Å². The smallest absolute Gasteiger partial charge is 0.242 e. The largest absolute Gasteiger partial charge is 0.250 e. The summed E-state index contributed by atoms with van der Waals surface area (Å²) in [5, 5.41) is 1.34. The van der Waals surface area contributed by atoms with Crippen LogP contribution in [0, 0.1) is 6.92 Å². The van der Waals surface area contributed by atoms with Gasteiger partial charge < -0.3 is 0 Å². The Kier molecular flexibility index (Phi) is 4.47. The summed E-state index contributed by atoms with van der Waals surface area (Å²) in [7, 11) is -3.69. The van der Waals surface area contributed by atoms with E-state index >= 15 is 0 Å². The van der Waals surface area contributed by atoms with Crippen LogP contribution in [0.2, 0.25) is 10.0 Å². The van der Waals surface area contributed by atoms with E-state index < -0.39 is 10.0 Å². The maximum absolute atomic E-state index is 12.1. The number of rotatable bonds is 4. The van der Waals surface area contributed by atoms with Crippen LogP contribution < -0.4 is 4.72 Å². The third kappa shape index (κ3) is 3.67. The van der Waals surface area contributed by atoms with E-state index in [9.17, 15) is 8.42 Å². The molecule has 0 fully saturated rings. The third-order valence-electron chi connectivity index (χ3n) is 2.29. The van der Waals surface area contributed by atoms with E-state index in [1.165, 1.54) is 29.5 Å². The number of hydrogen-bond acceptors (Lipinski definition) is 4. The molecular formula is C11H10Cl2N2O2S2. The Morgan fingerprint density at radius 1 is 1.37 bits per heavy atom. The van der Waals surface area contributed by atoms with Crippen LogP contribution in [0.1, 0.15) is 9.88 Å². The van der Waals surface area contributed by atoms with Crippen molar-refractivity contribution in [1.29, 1.82) is 0 Å². The standard InChI is InChI=1S/C11H10Cl2N2O2S2/c1-7-14-5-9(18-7)6-15-19(16,17)11-4-8(12)2-3-10(11)13/h2-5,15H,6H2,1H3. The second kappa shape index (κ2) is 5.76. The van der Waals surface area contributed by atoms with Crippen molar-refractivity contribution in [3.8, 4) is 0 Å². The second-order valence-corrected chi connectivity index (χ2v) is 7.64. The zero-order valence-electron chi connectivity index (χ0n) is 9.85. The van der Waals surface area contributed by atoms with Crippen LogP contribution in [0.5, 0.6) is 0 Å². The van der Waals surface area contributed by atoms with Crippen molar-refractivity contribution in [3.63, 3.8) is 0 Å². The van der Waals surface area contributed by atoms with Gasteiger partial charge >= 0.3 is 0 Å². The molecule has 0 radical (unpaired) electrons. The van der Waals surface area contributed by atoms with Gasteiger partial charge in [-0.25, -0.2) is 18.1 Å². The molecule has 19 heavy (non-hydrogen) atoms. The quantitative estimate of drug-likeness (QED) is 0.932. The zero-order valence-corrected chi connectivity index (χ0v) is 13.0. The summed E-state index contributed by atoms with van der Waals surface area (Å²) in [5.74, 6) is 0. The van der Waals surface area contributed by atoms with Gasteiger partial charge in [-0.05, 0) is 25.1 Å². The van der Waals surface area contributed by atoms with Crippen molar-refractivity contribution < 1.29 is 8.42 Å². The first-order valence-corrected chi connectivity index (χ1v) is 8.30. The van der Waals surface area contributed by atoms with Crippen molar-refractivity contribution in [1.82, 2.24) is 9.71 Å². The minimum absolute atomic E-state index is 0.0251. The highest BCUT2D eigenvalue weighted by atomic mass is 35.5. The summed E-state index contributed by atoms with van der Waals surface area (Å²) >= 11 is 13.1. The topological polar surface area (TPSA) is 59.1 Å². The van der Waals surface area contributed by atoms with Gasteiger partial charge in [-0.3, -0.25) is 0 Å². The van der Waals surface area contributed by atoms with Crippen LogP contribution in [0.25, 0.3) is 0 Å². The van der Waals surface area contributed by atoms with Gasteiger partial charge in [-0.2, -0.15) is 0 Å². The van der Waals surface area contributed by atoms with Crippen LogP contribution in [0.3, 0.4) is 0 Å². The van der Waals surface area contributed by atoms with Crippen LogP contribution in [0.4, 0.5) is 0 Å². The first kappa shape index (κ1) is 14.7. The van der Waals surface area contributed by atoms with Gasteiger partial charge in [-0.1, -0.05) is 23.2 Å². The number of benzene rings is 1. The molecule has 1 N–H and O–H groups in total. The van der Waals surface area contributed by atoms with Gasteiger partial charge in [0.25, 0.3) is 0 Å². The van der Waals surface area contributed by atoms with E-state index in [4.69, 9.17) is 23.2 Å². The highest BCUT2D eigenvalue weighted by Crippen LogP contribution is 2.25. The van der Waals surface area contributed by atoms with Crippen molar-refractivity contribution >= 4 is 44.6 Å². The SMILES string of the molecule is Cc1ncc(CNS(=O)(=O)c2cc(Cl)ccc2Cl)s1. The van der Waals surface area contributed by atoms with Gasteiger partial charge in [0.15, 0.2) is 0 Å². The average molecular weight is 337 g/mol. The molecule has 1 heterocycles. The van der Waals surface area contributed by atoms with Gasteiger partial charge in [0.05, 0.1) is 10.0 Å². The zero-order chi connectivity index (χ0) is 14.0. The summed E-state index contributed by atoms with van der Waals surface area (Å²) in [5.41, 5.74) is 0. The molecule has 0 aliphatic carbocycles. The van der Waals surface area contributed by atoms with E-state index in [2.05, 4.69) is 9.71 Å². The van der Waals surface area contributed by atoms with Crippen molar-refractivity contribution in [3.05, 3.63) is 44.3 Å². The summed E-state index contributed by atoms with van der Waals surface area (Å²) in [6.45, 7) is 2.03. The fourth-order valence-electron chi connectivity index (χ4n) is 1.41. The van der Waals surface area contributed by atoms with Gasteiger partial charge in [0.2, 0.25) is 10.0 Å². The minimum atomic E-state index is -3.69. The highest BCUT2D eigenvalue weighted by Gasteiger charge is 2.18. The molecular weight excluding hydrogens is 327 g/mol. The molecule has 4 nitrogen and oxygen atoms in total. The van der Waals surface area contributed by atoms with Crippen molar-refractivity contribution in [2.75, 3.05) is 0 Å². The predicted octanol–water partition coefficient (Wildman–Crippen LogP) is 3.24. The lowest BCUT2D eigenvalue weighted by Crippen LogP contribution is -2.23. The molecule has 0 saturated carbocycles. The van der Waals surface area contributed by atoms with Crippen LogP contribution in [0.15, 0.2) is 29.3 Å². The van der Waals surface area contributed by atoms with Gasteiger partial charge in [0.1, 0.15) is 4.90 Å². The Morgan fingerprint density at radius 3 is 2.74 bits per heavy atom. The molecule has 0 saturated heterocycles. The lowest BCUT2D eigenvalue weighted by molar-refractivity contribution is 0.582. The molecule has 0 bridgehead atoms. The summed E-state index contributed by atoms with van der Waals surface area (Å²) in [4.78, 5) is 4.87. The molecule has 1 aromatic carbocycles. The monoisotopic (exact) mass is 336 g/mol. The molecule has 0 spiro atoms. The Morgan fingerprint density at radius 2 is 2.11 bits per heavy atom. The molecule has 2 rings (SSSR count). The first-order chi connectivity index (χ1) is 8.88. The summed E-state index contributed by atoms with van der Waals surface area (Å²) < 4.78 is 26.7. The summed E-state index contributed by atoms with van der Waals surface area (Å²) in [6, 6.07) is 4.31. The fourth-order valence-corrected chi connectivity index (χ4v) is 4.01. The first-order valence-electron chi connectivity index (χ1n) is 5.24. The number of aromatic nitrogens is 1. The Hall–Kier alpha value is -0.660. The van der Waals surface area contributed by atoms with E-state index in [1.807, 2.05) is 6.92 Å². The number of thiazole rings is 1.